The van der Waals surface area contributed by atoms with E-state index in [-0.39, 0.29) is 11.6 Å². The van der Waals surface area contributed by atoms with Crippen molar-refractivity contribution in [1.82, 2.24) is 5.32 Å². The number of rotatable bonds is 12. The van der Waals surface area contributed by atoms with Crippen molar-refractivity contribution in [2.75, 3.05) is 13.1 Å². The first-order valence-electron chi connectivity index (χ1n) is 8.47. The molecule has 3 N–H and O–H groups in total. The first-order valence-corrected chi connectivity index (χ1v) is 8.47. The van der Waals surface area contributed by atoms with Crippen LogP contribution in [0.5, 0.6) is 0 Å². The average molecular weight is 314 g/mol. The van der Waals surface area contributed by atoms with E-state index in [1.165, 1.54) is 6.92 Å². The summed E-state index contributed by atoms with van der Waals surface area (Å²) < 4.78 is 5.98. The Morgan fingerprint density at radius 1 is 1.09 bits per heavy atom. The minimum absolute atomic E-state index is 0.00141. The largest absolute Gasteiger partial charge is 0.356 e. The summed E-state index contributed by atoms with van der Waals surface area (Å²) in [6, 6.07) is 0. The lowest BCUT2D eigenvalue weighted by atomic mass is 9.84. The highest BCUT2D eigenvalue weighted by Crippen LogP contribution is 2.27. The quantitative estimate of drug-likeness (QED) is 0.577. The molecule has 0 fully saturated rings. The van der Waals surface area contributed by atoms with Crippen LogP contribution in [0.25, 0.3) is 0 Å². The van der Waals surface area contributed by atoms with Crippen molar-refractivity contribution < 1.29 is 14.3 Å². The number of nitrogens with one attached hydrogen (secondary N) is 1. The van der Waals surface area contributed by atoms with E-state index in [0.717, 1.165) is 0 Å². The van der Waals surface area contributed by atoms with Crippen LogP contribution < -0.4 is 11.1 Å². The van der Waals surface area contributed by atoms with E-state index in [0.29, 0.717) is 38.8 Å². The van der Waals surface area contributed by atoms with Crippen molar-refractivity contribution in [2.45, 2.75) is 84.5 Å². The summed E-state index contributed by atoms with van der Waals surface area (Å²) in [7, 11) is 0. The van der Waals surface area contributed by atoms with Crippen molar-refractivity contribution in [3.8, 4) is 0 Å². The molecule has 0 aliphatic heterocycles. The van der Waals surface area contributed by atoms with E-state index in [1.54, 1.807) is 6.92 Å². The fourth-order valence-corrected chi connectivity index (χ4v) is 3.03. The van der Waals surface area contributed by atoms with Gasteiger partial charge >= 0.3 is 0 Å². The number of hydrogen-bond donors (Lipinski definition) is 2. The molecule has 0 saturated carbocycles. The first kappa shape index (κ1) is 21.2. The Labute approximate surface area is 135 Å². The van der Waals surface area contributed by atoms with Crippen LogP contribution in [-0.4, -0.2) is 41.9 Å². The molecule has 0 rings (SSSR count). The molecule has 0 aromatic carbocycles. The van der Waals surface area contributed by atoms with Gasteiger partial charge in [0.25, 0.3) is 0 Å². The molecule has 130 valence electrons. The molecule has 0 bridgehead atoms. The molecule has 0 spiro atoms. The van der Waals surface area contributed by atoms with E-state index in [1.807, 2.05) is 27.7 Å². The molecule has 1 atom stereocenters. The van der Waals surface area contributed by atoms with Gasteiger partial charge in [0.1, 0.15) is 11.7 Å². The maximum atomic E-state index is 12.9. The number of carbonyl (C=O) groups excluding carboxylic acids is 2. The zero-order chi connectivity index (χ0) is 17.4. The molecule has 5 nitrogen and oxygen atoms in total. The Hall–Kier alpha value is -0.780. The van der Waals surface area contributed by atoms with Crippen LogP contribution >= 0.6 is 0 Å². The summed E-state index contributed by atoms with van der Waals surface area (Å²) in [6.07, 6.45) is 1.84. The van der Waals surface area contributed by atoms with Crippen LogP contribution in [0.15, 0.2) is 0 Å². The van der Waals surface area contributed by atoms with Gasteiger partial charge in [0.15, 0.2) is 11.6 Å². The van der Waals surface area contributed by atoms with E-state index in [9.17, 15) is 9.59 Å². The van der Waals surface area contributed by atoms with E-state index in [2.05, 4.69) is 5.32 Å². The number of ketones is 2. The van der Waals surface area contributed by atoms with Crippen molar-refractivity contribution in [3.63, 3.8) is 0 Å². The fourth-order valence-electron chi connectivity index (χ4n) is 3.03. The third kappa shape index (κ3) is 4.61. The minimum atomic E-state index is -0.865. The normalized spacial score (nSPS) is 14.0. The number of Topliss-reactive ketones (excluding diaryl/α,β-unsaturated/α-hetero) is 2. The summed E-state index contributed by atoms with van der Waals surface area (Å²) in [5, 5.41) is 3.27. The zero-order valence-corrected chi connectivity index (χ0v) is 15.1. The van der Waals surface area contributed by atoms with Gasteiger partial charge in [0, 0.05) is 13.1 Å². The Balaban J connectivity index is 5.27. The monoisotopic (exact) mass is 314 g/mol. The third-order valence-corrected chi connectivity index (χ3v) is 4.84. The highest BCUT2D eigenvalue weighted by Gasteiger charge is 2.42. The zero-order valence-electron chi connectivity index (χ0n) is 15.1. The predicted molar refractivity (Wildman–Crippen MR) is 89.9 cm³/mol. The molecule has 0 radical (unpaired) electrons. The Morgan fingerprint density at radius 3 is 1.91 bits per heavy atom. The molecule has 0 aliphatic rings. The standard InChI is InChI=1S/C17H34N2O3/c1-7-16(8-2,19-12-11-18)15(21)13(5)22-17(9-3,10-4)14(6)20/h13,19H,7-12,18H2,1-6H3. The van der Waals surface area contributed by atoms with Gasteiger partial charge in [0.05, 0.1) is 5.54 Å². The average Bonchev–Trinajstić information content (AvgIpc) is 2.53. The number of hydrogen-bond acceptors (Lipinski definition) is 5. The molecule has 5 heteroatoms. The van der Waals surface area contributed by atoms with Crippen LogP contribution in [0.3, 0.4) is 0 Å². The Bertz CT molecular complexity index is 361. The molecule has 22 heavy (non-hydrogen) atoms. The van der Waals surface area contributed by atoms with Crippen LogP contribution in [0.1, 0.15) is 67.2 Å². The number of ether oxygens (including phenoxy) is 1. The smallest absolute Gasteiger partial charge is 0.181 e. The number of carbonyl (C=O) groups is 2. The summed E-state index contributed by atoms with van der Waals surface area (Å²) in [5.74, 6) is -0.0239. The minimum Gasteiger partial charge on any atom is -0.356 e. The van der Waals surface area contributed by atoms with Crippen LogP contribution in [0.2, 0.25) is 0 Å². The molecule has 0 amide bonds. The van der Waals surface area contributed by atoms with Crippen molar-refractivity contribution in [3.05, 3.63) is 0 Å². The molecule has 1 unspecified atom stereocenters. The van der Waals surface area contributed by atoms with Gasteiger partial charge in [-0.05, 0) is 39.5 Å². The van der Waals surface area contributed by atoms with Gasteiger partial charge in [-0.15, -0.1) is 0 Å². The molecule has 0 aliphatic carbocycles. The second-order valence-electron chi connectivity index (χ2n) is 5.89. The van der Waals surface area contributed by atoms with Crippen molar-refractivity contribution >= 4 is 11.6 Å². The highest BCUT2D eigenvalue weighted by atomic mass is 16.5. The lowest BCUT2D eigenvalue weighted by molar-refractivity contribution is -0.162. The van der Waals surface area contributed by atoms with E-state index >= 15 is 0 Å². The molecule has 0 saturated heterocycles. The topological polar surface area (TPSA) is 81.4 Å². The SMILES string of the molecule is CCC(CC)(NCCN)C(=O)C(C)OC(CC)(CC)C(C)=O. The van der Waals surface area contributed by atoms with Crippen LogP contribution in [0, 0.1) is 0 Å². The molecule has 0 aromatic heterocycles. The second kappa shape index (κ2) is 9.38. The van der Waals surface area contributed by atoms with E-state index < -0.39 is 17.2 Å². The van der Waals surface area contributed by atoms with Gasteiger partial charge in [-0.3, -0.25) is 9.59 Å². The lowest BCUT2D eigenvalue weighted by Gasteiger charge is -2.37. The van der Waals surface area contributed by atoms with Crippen molar-refractivity contribution in [1.29, 1.82) is 0 Å². The van der Waals surface area contributed by atoms with Gasteiger partial charge in [0.2, 0.25) is 0 Å². The third-order valence-electron chi connectivity index (χ3n) is 4.84. The maximum absolute atomic E-state index is 12.9. The summed E-state index contributed by atoms with van der Waals surface area (Å²) in [4.78, 5) is 24.9. The van der Waals surface area contributed by atoms with Gasteiger partial charge < -0.3 is 15.8 Å². The van der Waals surface area contributed by atoms with Crippen LogP contribution in [-0.2, 0) is 14.3 Å². The molecule has 0 heterocycles. The summed E-state index contributed by atoms with van der Waals surface area (Å²) in [5.41, 5.74) is 4.06. The maximum Gasteiger partial charge on any atom is 0.181 e. The first-order chi connectivity index (χ1) is 10.3. The fraction of sp³-hybridized carbons (Fsp3) is 0.882. The summed E-state index contributed by atoms with van der Waals surface area (Å²) >= 11 is 0. The van der Waals surface area contributed by atoms with Gasteiger partial charge in [-0.25, -0.2) is 0 Å². The second-order valence-corrected chi connectivity index (χ2v) is 5.89. The summed E-state index contributed by atoms with van der Waals surface area (Å²) in [6.45, 7) is 12.1. The van der Waals surface area contributed by atoms with E-state index in [4.69, 9.17) is 10.5 Å². The Morgan fingerprint density at radius 2 is 1.59 bits per heavy atom. The highest BCUT2D eigenvalue weighted by molar-refractivity contribution is 5.92. The number of nitrogens with two attached hydrogens (primary N) is 1. The van der Waals surface area contributed by atoms with Gasteiger partial charge in [-0.1, -0.05) is 27.7 Å². The predicted octanol–water partition coefficient (Wildman–Crippen LogP) is 2.22. The van der Waals surface area contributed by atoms with Crippen LogP contribution in [0.4, 0.5) is 0 Å². The van der Waals surface area contributed by atoms with Gasteiger partial charge in [-0.2, -0.15) is 0 Å². The molecule has 0 aromatic rings. The molecular formula is C17H34N2O3. The lowest BCUT2D eigenvalue weighted by Crippen LogP contribution is -2.57. The molecular weight excluding hydrogens is 280 g/mol. The Kier molecular flexibility index (Phi) is 9.05. The van der Waals surface area contributed by atoms with Crippen molar-refractivity contribution in [2.24, 2.45) is 5.73 Å².